The van der Waals surface area contributed by atoms with Gasteiger partial charge in [-0.25, -0.2) is 13.4 Å². The fraction of sp³-hybridized carbons (Fsp3) is 0.438. The highest BCUT2D eigenvalue weighted by Crippen LogP contribution is 2.17. The molecular weight excluding hydrogens is 340 g/mol. The van der Waals surface area contributed by atoms with Crippen LogP contribution in [0, 0.1) is 6.92 Å². The summed E-state index contributed by atoms with van der Waals surface area (Å²) < 4.78 is 25.3. The predicted octanol–water partition coefficient (Wildman–Crippen LogP) is 1.40. The molecule has 1 fully saturated rings. The van der Waals surface area contributed by atoms with Crippen molar-refractivity contribution in [1.82, 2.24) is 19.5 Å². The van der Waals surface area contributed by atoms with Crippen molar-refractivity contribution in [3.63, 3.8) is 0 Å². The van der Waals surface area contributed by atoms with E-state index in [1.54, 1.807) is 13.1 Å². The van der Waals surface area contributed by atoms with Crippen LogP contribution in [0.2, 0.25) is 0 Å². The summed E-state index contributed by atoms with van der Waals surface area (Å²) in [5.41, 5.74) is 1.09. The SMILES string of the molecule is CCS(=O)(=O)N1CCN(c2ccc(Nc3ccc(C)cn3)nn2)CC1. The van der Waals surface area contributed by atoms with E-state index < -0.39 is 10.0 Å². The van der Waals surface area contributed by atoms with Gasteiger partial charge in [0.2, 0.25) is 10.0 Å². The molecule has 1 saturated heterocycles. The summed E-state index contributed by atoms with van der Waals surface area (Å²) in [6.07, 6.45) is 1.79. The number of aromatic nitrogens is 3. The van der Waals surface area contributed by atoms with Gasteiger partial charge in [0.15, 0.2) is 11.6 Å². The highest BCUT2D eigenvalue weighted by molar-refractivity contribution is 7.89. The molecule has 1 aliphatic rings. The first-order valence-electron chi connectivity index (χ1n) is 8.24. The molecule has 0 atom stereocenters. The first-order valence-corrected chi connectivity index (χ1v) is 9.85. The Morgan fingerprint density at radius 1 is 1.04 bits per heavy atom. The molecule has 2 aromatic rings. The van der Waals surface area contributed by atoms with Crippen LogP contribution in [0.5, 0.6) is 0 Å². The summed E-state index contributed by atoms with van der Waals surface area (Å²) in [5, 5.41) is 11.5. The Balaban J connectivity index is 1.60. The van der Waals surface area contributed by atoms with Crippen LogP contribution >= 0.6 is 0 Å². The molecule has 25 heavy (non-hydrogen) atoms. The molecule has 1 aliphatic heterocycles. The molecular formula is C16H22N6O2S. The van der Waals surface area contributed by atoms with E-state index in [1.807, 2.05) is 36.1 Å². The van der Waals surface area contributed by atoms with Crippen molar-refractivity contribution in [3.8, 4) is 0 Å². The topological polar surface area (TPSA) is 91.3 Å². The minimum atomic E-state index is -3.12. The van der Waals surface area contributed by atoms with Crippen LogP contribution < -0.4 is 10.2 Å². The lowest BCUT2D eigenvalue weighted by molar-refractivity contribution is 0.384. The number of aryl methyl sites for hydroxylation is 1. The summed E-state index contributed by atoms with van der Waals surface area (Å²) >= 11 is 0. The van der Waals surface area contributed by atoms with Crippen LogP contribution in [0.1, 0.15) is 12.5 Å². The standard InChI is InChI=1S/C16H22N6O2S/c1-3-25(23,24)22-10-8-21(9-11-22)16-7-6-15(19-20-16)18-14-5-4-13(2)12-17-14/h4-7,12H,3,8-11H2,1-2H3,(H,17,18,19). The molecule has 0 radical (unpaired) electrons. The average molecular weight is 362 g/mol. The van der Waals surface area contributed by atoms with Gasteiger partial charge in [0.1, 0.15) is 5.82 Å². The van der Waals surface area contributed by atoms with Gasteiger partial charge in [0, 0.05) is 32.4 Å². The number of nitrogens with zero attached hydrogens (tertiary/aromatic N) is 5. The minimum Gasteiger partial charge on any atom is -0.352 e. The van der Waals surface area contributed by atoms with Crippen molar-refractivity contribution in [2.24, 2.45) is 0 Å². The van der Waals surface area contributed by atoms with Crippen molar-refractivity contribution in [1.29, 1.82) is 0 Å². The Morgan fingerprint density at radius 2 is 1.76 bits per heavy atom. The molecule has 0 spiro atoms. The van der Waals surface area contributed by atoms with Crippen LogP contribution in [-0.4, -0.2) is 59.8 Å². The molecule has 0 aliphatic carbocycles. The van der Waals surface area contributed by atoms with Crippen LogP contribution in [-0.2, 0) is 10.0 Å². The monoisotopic (exact) mass is 362 g/mol. The van der Waals surface area contributed by atoms with E-state index >= 15 is 0 Å². The van der Waals surface area contributed by atoms with Gasteiger partial charge in [-0.05, 0) is 37.6 Å². The summed E-state index contributed by atoms with van der Waals surface area (Å²) in [4.78, 5) is 6.32. The summed E-state index contributed by atoms with van der Waals surface area (Å²) in [6.45, 7) is 5.83. The summed E-state index contributed by atoms with van der Waals surface area (Å²) in [6, 6.07) is 7.59. The fourth-order valence-electron chi connectivity index (χ4n) is 2.61. The largest absolute Gasteiger partial charge is 0.352 e. The van der Waals surface area contributed by atoms with E-state index in [-0.39, 0.29) is 5.75 Å². The van der Waals surface area contributed by atoms with Crippen molar-refractivity contribution < 1.29 is 8.42 Å². The highest BCUT2D eigenvalue weighted by Gasteiger charge is 2.26. The molecule has 134 valence electrons. The van der Waals surface area contributed by atoms with Crippen LogP contribution in [0.3, 0.4) is 0 Å². The highest BCUT2D eigenvalue weighted by atomic mass is 32.2. The minimum absolute atomic E-state index is 0.139. The predicted molar refractivity (Wildman–Crippen MR) is 97.5 cm³/mol. The molecule has 0 amide bonds. The van der Waals surface area contributed by atoms with Crippen molar-refractivity contribution in [2.45, 2.75) is 13.8 Å². The number of anilines is 3. The summed E-state index contributed by atoms with van der Waals surface area (Å²) in [5.74, 6) is 2.22. The molecule has 0 aromatic carbocycles. The second kappa shape index (κ2) is 7.32. The Labute approximate surface area is 147 Å². The van der Waals surface area contributed by atoms with E-state index in [4.69, 9.17) is 0 Å². The van der Waals surface area contributed by atoms with Gasteiger partial charge in [-0.3, -0.25) is 0 Å². The van der Waals surface area contributed by atoms with Crippen LogP contribution in [0.4, 0.5) is 17.5 Å². The van der Waals surface area contributed by atoms with Crippen molar-refractivity contribution >= 4 is 27.5 Å². The van der Waals surface area contributed by atoms with Gasteiger partial charge in [0.25, 0.3) is 0 Å². The van der Waals surface area contributed by atoms with E-state index in [0.29, 0.717) is 37.8 Å². The van der Waals surface area contributed by atoms with Crippen LogP contribution in [0.15, 0.2) is 30.5 Å². The molecule has 0 saturated carbocycles. The number of nitrogens with one attached hydrogen (secondary N) is 1. The first-order chi connectivity index (χ1) is 12.0. The number of sulfonamides is 1. The van der Waals surface area contributed by atoms with Gasteiger partial charge >= 0.3 is 0 Å². The molecule has 0 bridgehead atoms. The lowest BCUT2D eigenvalue weighted by Crippen LogP contribution is -2.49. The third-order valence-corrected chi connectivity index (χ3v) is 6.02. The maximum absolute atomic E-state index is 11.9. The quantitative estimate of drug-likeness (QED) is 0.859. The number of piperazine rings is 1. The molecule has 3 heterocycles. The summed E-state index contributed by atoms with van der Waals surface area (Å²) in [7, 11) is -3.12. The lowest BCUT2D eigenvalue weighted by atomic mass is 10.3. The van der Waals surface area contributed by atoms with Gasteiger partial charge in [-0.1, -0.05) is 6.07 Å². The number of hydrogen-bond donors (Lipinski definition) is 1. The van der Waals surface area contributed by atoms with Gasteiger partial charge in [-0.2, -0.15) is 4.31 Å². The lowest BCUT2D eigenvalue weighted by Gasteiger charge is -2.34. The third-order valence-electron chi connectivity index (χ3n) is 4.14. The zero-order valence-corrected chi connectivity index (χ0v) is 15.2. The number of rotatable bonds is 5. The number of pyridine rings is 1. The second-order valence-corrected chi connectivity index (χ2v) is 8.17. The zero-order chi connectivity index (χ0) is 17.9. The molecule has 0 unspecified atom stereocenters. The fourth-order valence-corrected chi connectivity index (χ4v) is 3.70. The number of hydrogen-bond acceptors (Lipinski definition) is 7. The van der Waals surface area contributed by atoms with E-state index in [1.165, 1.54) is 4.31 Å². The van der Waals surface area contributed by atoms with E-state index in [0.717, 1.165) is 11.4 Å². The normalized spacial score (nSPS) is 16.0. The molecule has 9 heteroatoms. The van der Waals surface area contributed by atoms with Gasteiger partial charge < -0.3 is 10.2 Å². The Kier molecular flexibility index (Phi) is 5.14. The maximum Gasteiger partial charge on any atom is 0.213 e. The van der Waals surface area contributed by atoms with Crippen molar-refractivity contribution in [3.05, 3.63) is 36.0 Å². The molecule has 8 nitrogen and oxygen atoms in total. The first kappa shape index (κ1) is 17.6. The van der Waals surface area contributed by atoms with Gasteiger partial charge in [0.05, 0.1) is 5.75 Å². The average Bonchev–Trinajstić information content (AvgIpc) is 2.64. The smallest absolute Gasteiger partial charge is 0.213 e. The van der Waals surface area contributed by atoms with Crippen molar-refractivity contribution in [2.75, 3.05) is 42.1 Å². The van der Waals surface area contributed by atoms with E-state index in [9.17, 15) is 8.42 Å². The molecule has 3 rings (SSSR count). The zero-order valence-electron chi connectivity index (χ0n) is 14.4. The Bertz CT molecular complexity index is 800. The maximum atomic E-state index is 11.9. The Morgan fingerprint density at radius 3 is 2.32 bits per heavy atom. The van der Waals surface area contributed by atoms with E-state index in [2.05, 4.69) is 20.5 Å². The Hall–Kier alpha value is -2.26. The second-order valence-electron chi connectivity index (χ2n) is 5.91. The third kappa shape index (κ3) is 4.23. The van der Waals surface area contributed by atoms with Gasteiger partial charge in [-0.15, -0.1) is 10.2 Å². The molecule has 1 N–H and O–H groups in total. The molecule has 2 aromatic heterocycles. The van der Waals surface area contributed by atoms with Crippen LogP contribution in [0.25, 0.3) is 0 Å².